The normalized spacial score (nSPS) is 15.4. The molecule has 0 saturated heterocycles. The number of carboxylic acids is 1. The van der Waals surface area contributed by atoms with Crippen LogP contribution in [-0.2, 0) is 4.79 Å². The molecular weight excluding hydrogens is 352 g/mol. The van der Waals surface area contributed by atoms with E-state index in [1.54, 1.807) is 0 Å². The maximum absolute atomic E-state index is 10.1. The molecule has 0 aliphatic rings. The third kappa shape index (κ3) is 6.99. The molecule has 15 nitrogen and oxygen atoms in total. The second-order valence-corrected chi connectivity index (χ2v) is 5.00. The van der Waals surface area contributed by atoms with E-state index in [0.29, 0.717) is 13.0 Å². The summed E-state index contributed by atoms with van der Waals surface area (Å²) in [5.74, 6) is -13.7. The lowest BCUT2D eigenvalue weighted by Gasteiger charge is -2.43. The van der Waals surface area contributed by atoms with Gasteiger partial charge in [-0.2, -0.15) is 0 Å². The van der Waals surface area contributed by atoms with Crippen molar-refractivity contribution in [3.05, 3.63) is 0 Å². The summed E-state index contributed by atoms with van der Waals surface area (Å²) in [6.07, 6.45) is -0.580. The van der Waals surface area contributed by atoms with Crippen LogP contribution in [0, 0.1) is 0 Å². The molecule has 0 aromatic carbocycles. The van der Waals surface area contributed by atoms with E-state index in [4.69, 9.17) is 62.7 Å². The Bertz CT molecular complexity index is 380. The number of aliphatic hydroxyl groups is 7. The van der Waals surface area contributed by atoms with Crippen LogP contribution in [0.5, 0.6) is 0 Å². The highest BCUT2D eigenvalue weighted by atomic mass is 16.9. The minimum atomic E-state index is -4.39. The molecule has 0 saturated carbocycles. The summed E-state index contributed by atoms with van der Waals surface area (Å²) in [6, 6.07) is -0.716. The molecule has 0 aromatic rings. The Balaban J connectivity index is 0. The fourth-order valence-corrected chi connectivity index (χ4v) is 1.22. The lowest BCUT2D eigenvalue weighted by atomic mass is 10.0. The standard InChI is InChI=1S/C6H14N2O2.C4H12N2O9/c7-4-2-1-3-5(8)6(9)10;5-1(7)2(8,9)3(10,11)4(12,13)6(14)15/h5H,1-4,7-8H2,(H,9,10);1,7-15H,5H2. The molecular formula is C10H26N4O11. The molecule has 0 rings (SSSR count). The average molecular weight is 378 g/mol. The van der Waals surface area contributed by atoms with E-state index in [1.807, 2.05) is 0 Å². The van der Waals surface area contributed by atoms with E-state index in [9.17, 15) is 4.79 Å². The van der Waals surface area contributed by atoms with Crippen LogP contribution in [0.1, 0.15) is 19.3 Å². The Morgan fingerprint density at radius 3 is 1.72 bits per heavy atom. The first-order valence-corrected chi connectivity index (χ1v) is 6.71. The number of carbonyl (C=O) groups is 1. The van der Waals surface area contributed by atoms with Crippen molar-refractivity contribution < 1.29 is 56.1 Å². The fraction of sp³-hybridized carbons (Fsp3) is 0.900. The maximum Gasteiger partial charge on any atom is 0.333 e. The van der Waals surface area contributed by atoms with Gasteiger partial charge in [0, 0.05) is 0 Å². The van der Waals surface area contributed by atoms with Crippen molar-refractivity contribution in [2.24, 2.45) is 17.2 Å². The van der Waals surface area contributed by atoms with Crippen LogP contribution in [0.25, 0.3) is 0 Å². The van der Waals surface area contributed by atoms with Gasteiger partial charge in [0.05, 0.1) is 0 Å². The number of carboxylic acid groups (broad SMARTS) is 1. The minimum Gasteiger partial charge on any atom is -0.480 e. The number of nitrogens with zero attached hydrogens (tertiary/aromatic N) is 1. The Kier molecular flexibility index (Phi) is 10.7. The summed E-state index contributed by atoms with van der Waals surface area (Å²) >= 11 is 0. The van der Waals surface area contributed by atoms with Crippen molar-refractivity contribution in [2.75, 3.05) is 6.54 Å². The number of unbranched alkanes of at least 4 members (excludes halogenated alkanes) is 1. The van der Waals surface area contributed by atoms with Crippen LogP contribution in [0.3, 0.4) is 0 Å². The van der Waals surface area contributed by atoms with Gasteiger partial charge in [0.2, 0.25) is 0 Å². The molecule has 0 aromatic heterocycles. The third-order valence-electron chi connectivity index (χ3n) is 2.96. The first-order chi connectivity index (χ1) is 11.1. The van der Waals surface area contributed by atoms with Crippen molar-refractivity contribution in [3.8, 4) is 0 Å². The van der Waals surface area contributed by atoms with Gasteiger partial charge in [-0.15, -0.1) is 0 Å². The topological polar surface area (TPSA) is 301 Å². The van der Waals surface area contributed by atoms with E-state index >= 15 is 0 Å². The molecule has 2 unspecified atom stereocenters. The number of hydrogen-bond donors (Lipinski definition) is 13. The average Bonchev–Trinajstić information content (AvgIpc) is 2.47. The van der Waals surface area contributed by atoms with Crippen molar-refractivity contribution >= 4 is 5.97 Å². The van der Waals surface area contributed by atoms with Crippen LogP contribution in [0.4, 0.5) is 0 Å². The Hall–Kier alpha value is -1.05. The van der Waals surface area contributed by atoms with E-state index < -0.39 is 41.0 Å². The number of aliphatic carboxylic acids is 1. The van der Waals surface area contributed by atoms with E-state index in [2.05, 4.69) is 5.73 Å². The first-order valence-electron chi connectivity index (χ1n) is 6.71. The molecule has 15 heteroatoms. The van der Waals surface area contributed by atoms with Gasteiger partial charge in [0.1, 0.15) is 6.04 Å². The van der Waals surface area contributed by atoms with Crippen molar-refractivity contribution in [3.63, 3.8) is 0 Å². The van der Waals surface area contributed by atoms with E-state index in [-0.39, 0.29) is 0 Å². The second-order valence-electron chi connectivity index (χ2n) is 5.00. The van der Waals surface area contributed by atoms with Gasteiger partial charge in [-0.05, 0) is 24.6 Å². The minimum absolute atomic E-state index is 0.520. The molecule has 0 spiro atoms. The third-order valence-corrected chi connectivity index (χ3v) is 2.96. The predicted molar refractivity (Wildman–Crippen MR) is 75.6 cm³/mol. The van der Waals surface area contributed by atoms with Crippen LogP contribution >= 0.6 is 0 Å². The van der Waals surface area contributed by atoms with Crippen LogP contribution in [-0.4, -0.2) is 98.8 Å². The fourth-order valence-electron chi connectivity index (χ4n) is 1.22. The lowest BCUT2D eigenvalue weighted by molar-refractivity contribution is -0.572. The molecule has 0 aliphatic carbocycles. The summed E-state index contributed by atoms with van der Waals surface area (Å²) < 4.78 is 0. The molecule has 0 fully saturated rings. The number of aliphatic hydroxyl groups excluding tert-OH is 1. The van der Waals surface area contributed by atoms with Crippen LogP contribution < -0.4 is 17.2 Å². The SMILES string of the molecule is NC(O)C(O)(O)C(O)(O)C(O)(O)N(O)O.NCCCCC(N)C(=O)O. The molecule has 152 valence electrons. The Labute approximate surface area is 141 Å². The summed E-state index contributed by atoms with van der Waals surface area (Å²) in [4.78, 5) is 10.1. The molecule has 0 amide bonds. The quantitative estimate of drug-likeness (QED) is 0.101. The summed E-state index contributed by atoms with van der Waals surface area (Å²) in [6.45, 7) is 0.604. The highest BCUT2D eigenvalue weighted by Crippen LogP contribution is 2.30. The van der Waals surface area contributed by atoms with Gasteiger partial charge in [0.25, 0.3) is 11.6 Å². The number of rotatable bonds is 9. The van der Waals surface area contributed by atoms with Gasteiger partial charge >= 0.3 is 11.9 Å². The Morgan fingerprint density at radius 1 is 1.00 bits per heavy atom. The summed E-state index contributed by atoms with van der Waals surface area (Å²) in [7, 11) is 0. The Morgan fingerprint density at radius 2 is 1.44 bits per heavy atom. The van der Waals surface area contributed by atoms with Crippen LogP contribution in [0.2, 0.25) is 0 Å². The highest BCUT2D eigenvalue weighted by Gasteiger charge is 2.67. The van der Waals surface area contributed by atoms with E-state index in [1.165, 1.54) is 0 Å². The smallest absolute Gasteiger partial charge is 0.333 e. The van der Waals surface area contributed by atoms with Crippen molar-refractivity contribution in [1.29, 1.82) is 0 Å². The molecule has 16 N–H and O–H groups in total. The first kappa shape index (κ1) is 26.2. The number of nitrogens with two attached hydrogens (primary N) is 3. The van der Waals surface area contributed by atoms with Gasteiger partial charge in [-0.1, -0.05) is 6.42 Å². The van der Waals surface area contributed by atoms with E-state index in [0.717, 1.165) is 12.8 Å². The number of hydroxylamine groups is 2. The summed E-state index contributed by atoms with van der Waals surface area (Å²) in [5.41, 5.74) is 14.9. The maximum atomic E-state index is 10.1. The number of hydrogen-bond acceptors (Lipinski definition) is 14. The lowest BCUT2D eigenvalue weighted by Crippen LogP contribution is -2.77. The monoisotopic (exact) mass is 378 g/mol. The van der Waals surface area contributed by atoms with Crippen molar-refractivity contribution in [2.45, 2.75) is 49.0 Å². The zero-order valence-electron chi connectivity index (χ0n) is 13.0. The predicted octanol–water partition coefficient (Wildman–Crippen LogP) is -6.13. The molecule has 0 aliphatic heterocycles. The molecule has 0 heterocycles. The van der Waals surface area contributed by atoms with Crippen LogP contribution in [0.15, 0.2) is 0 Å². The zero-order chi connectivity index (χ0) is 20.6. The van der Waals surface area contributed by atoms with Gasteiger partial charge in [-0.25, -0.2) is 0 Å². The molecule has 0 bridgehead atoms. The molecule has 0 radical (unpaired) electrons. The van der Waals surface area contributed by atoms with Gasteiger partial charge in [-0.3, -0.25) is 15.2 Å². The van der Waals surface area contributed by atoms with Crippen molar-refractivity contribution in [1.82, 2.24) is 5.23 Å². The summed E-state index contributed by atoms with van der Waals surface area (Å²) in [5, 5.41) is 84.4. The second kappa shape index (κ2) is 10.2. The zero-order valence-corrected chi connectivity index (χ0v) is 13.0. The molecule has 2 atom stereocenters. The van der Waals surface area contributed by atoms with Gasteiger partial charge < -0.3 is 58.1 Å². The van der Waals surface area contributed by atoms with Gasteiger partial charge in [0.15, 0.2) is 6.23 Å². The molecule has 25 heavy (non-hydrogen) atoms. The largest absolute Gasteiger partial charge is 0.480 e. The highest BCUT2D eigenvalue weighted by molar-refractivity contribution is 5.72.